The van der Waals surface area contributed by atoms with Crippen LogP contribution < -0.4 is 10.1 Å². The first-order valence-corrected chi connectivity index (χ1v) is 12.9. The summed E-state index contributed by atoms with van der Waals surface area (Å²) in [5.74, 6) is -0.449. The molecule has 1 saturated heterocycles. The summed E-state index contributed by atoms with van der Waals surface area (Å²) in [6.07, 6.45) is -14.2. The van der Waals surface area contributed by atoms with Crippen LogP contribution in [0.3, 0.4) is 0 Å². The maximum absolute atomic E-state index is 13.1. The molecule has 11 nitrogen and oxygen atoms in total. The van der Waals surface area contributed by atoms with Crippen molar-refractivity contribution >= 4 is 11.8 Å². The van der Waals surface area contributed by atoms with Crippen LogP contribution >= 0.6 is 0 Å². The number of rotatable bonds is 8. The van der Waals surface area contributed by atoms with Gasteiger partial charge in [-0.15, -0.1) is 5.10 Å². The van der Waals surface area contributed by atoms with Crippen molar-refractivity contribution in [3.8, 4) is 22.8 Å². The van der Waals surface area contributed by atoms with Crippen LogP contribution in [0.5, 0.6) is 5.75 Å². The summed E-state index contributed by atoms with van der Waals surface area (Å²) in [5.41, 5.74) is -2.28. The fraction of sp³-hybridized carbons (Fsp3) is 0.444. The first-order valence-electron chi connectivity index (χ1n) is 12.9. The number of alkyl halides is 5. The molecule has 0 bridgehead atoms. The van der Waals surface area contributed by atoms with Gasteiger partial charge in [-0.2, -0.15) is 22.0 Å². The van der Waals surface area contributed by atoms with Crippen molar-refractivity contribution in [1.82, 2.24) is 14.8 Å². The molecule has 1 aliphatic heterocycles. The Labute approximate surface area is 242 Å². The standard InChI is InChI=1S/C27H29F5N4O7/c1-5-40-21-24(3,38)15(2)41-22(25(21,4)39)42-23(37)34-17-8-6-16(7-9-17)20-33-14-36(35-20)18-10-12-19(13-11-18)43-27(31,32)26(28,29)30/h6-15,21-22,38-39H,5H2,1-4H3,(H,34,37)/t15-,21+,22-,24-,25+/m0/s1. The minimum Gasteiger partial charge on any atom is -0.426 e. The highest BCUT2D eigenvalue weighted by atomic mass is 19.4. The number of aliphatic hydroxyl groups is 2. The lowest BCUT2D eigenvalue weighted by atomic mass is 9.79. The van der Waals surface area contributed by atoms with Crippen LogP contribution in [0.4, 0.5) is 32.4 Å². The van der Waals surface area contributed by atoms with Gasteiger partial charge in [-0.05, 0) is 76.2 Å². The van der Waals surface area contributed by atoms with Gasteiger partial charge in [0.2, 0.25) is 6.29 Å². The minimum atomic E-state index is -5.86. The topological polar surface area (TPSA) is 137 Å². The average Bonchev–Trinajstić information content (AvgIpc) is 3.40. The lowest BCUT2D eigenvalue weighted by Gasteiger charge is -2.51. The number of hydrogen-bond acceptors (Lipinski definition) is 9. The van der Waals surface area contributed by atoms with E-state index in [1.807, 2.05) is 0 Å². The van der Waals surface area contributed by atoms with Gasteiger partial charge in [0.15, 0.2) is 11.4 Å². The Bertz CT molecular complexity index is 1410. The van der Waals surface area contributed by atoms with Gasteiger partial charge in [0.25, 0.3) is 0 Å². The Balaban J connectivity index is 1.38. The van der Waals surface area contributed by atoms with E-state index < -0.39 is 53.8 Å². The number of nitrogens with one attached hydrogen (secondary N) is 1. The zero-order chi connectivity index (χ0) is 31.8. The normalized spacial score (nSPS) is 26.2. The summed E-state index contributed by atoms with van der Waals surface area (Å²) >= 11 is 0. The summed E-state index contributed by atoms with van der Waals surface area (Å²) in [6, 6.07) is 10.6. The third-order valence-corrected chi connectivity index (χ3v) is 6.80. The maximum atomic E-state index is 13.1. The molecule has 1 amide bonds. The zero-order valence-corrected chi connectivity index (χ0v) is 23.3. The molecule has 5 atom stereocenters. The largest absolute Gasteiger partial charge is 0.499 e. The molecule has 1 fully saturated rings. The summed E-state index contributed by atoms with van der Waals surface area (Å²) in [4.78, 5) is 16.8. The predicted octanol–water partition coefficient (Wildman–Crippen LogP) is 4.67. The molecule has 4 rings (SSSR count). The van der Waals surface area contributed by atoms with Gasteiger partial charge in [0.1, 0.15) is 23.8 Å². The van der Waals surface area contributed by atoms with Crippen molar-refractivity contribution in [1.29, 1.82) is 0 Å². The lowest BCUT2D eigenvalue weighted by molar-refractivity contribution is -0.360. The number of anilines is 1. The Hall–Kier alpha value is -3.86. The van der Waals surface area contributed by atoms with Crippen LogP contribution in [0.25, 0.3) is 17.1 Å². The monoisotopic (exact) mass is 616 g/mol. The number of amides is 1. The molecule has 234 valence electrons. The van der Waals surface area contributed by atoms with E-state index in [1.54, 1.807) is 26.0 Å². The Morgan fingerprint density at radius 2 is 1.67 bits per heavy atom. The van der Waals surface area contributed by atoms with Crippen LogP contribution in [-0.4, -0.2) is 79.7 Å². The van der Waals surface area contributed by atoms with Crippen molar-refractivity contribution in [2.45, 2.75) is 69.7 Å². The van der Waals surface area contributed by atoms with E-state index in [4.69, 9.17) is 14.2 Å². The second-order valence-electron chi connectivity index (χ2n) is 10.1. The van der Waals surface area contributed by atoms with Gasteiger partial charge in [-0.25, -0.2) is 14.5 Å². The smallest absolute Gasteiger partial charge is 0.426 e. The van der Waals surface area contributed by atoms with E-state index in [-0.39, 0.29) is 12.4 Å². The molecule has 3 aromatic rings. The van der Waals surface area contributed by atoms with Gasteiger partial charge in [0, 0.05) is 17.9 Å². The second-order valence-corrected chi connectivity index (χ2v) is 10.1. The number of carbonyl (C=O) groups excluding carboxylic acids is 1. The van der Waals surface area contributed by atoms with Crippen LogP contribution in [0, 0.1) is 0 Å². The van der Waals surface area contributed by atoms with E-state index in [9.17, 15) is 37.0 Å². The first kappa shape index (κ1) is 32.1. The van der Waals surface area contributed by atoms with E-state index in [2.05, 4.69) is 20.1 Å². The van der Waals surface area contributed by atoms with Crippen molar-refractivity contribution in [2.24, 2.45) is 0 Å². The van der Waals surface area contributed by atoms with E-state index in [0.717, 1.165) is 12.1 Å². The highest BCUT2D eigenvalue weighted by molar-refractivity contribution is 5.85. The Morgan fingerprint density at radius 3 is 2.26 bits per heavy atom. The number of benzene rings is 2. The summed E-state index contributed by atoms with van der Waals surface area (Å²) in [6.45, 7) is 6.24. The number of carbonyl (C=O) groups is 1. The van der Waals surface area contributed by atoms with E-state index >= 15 is 0 Å². The van der Waals surface area contributed by atoms with Gasteiger partial charge in [0.05, 0.1) is 11.8 Å². The summed E-state index contributed by atoms with van der Waals surface area (Å²) in [7, 11) is 0. The summed E-state index contributed by atoms with van der Waals surface area (Å²) in [5, 5.41) is 28.6. The second kappa shape index (κ2) is 11.7. The maximum Gasteiger partial charge on any atom is 0.499 e. The molecule has 0 saturated carbocycles. The van der Waals surface area contributed by atoms with Crippen molar-refractivity contribution in [3.05, 3.63) is 54.9 Å². The fourth-order valence-corrected chi connectivity index (χ4v) is 4.38. The van der Waals surface area contributed by atoms with Crippen LogP contribution in [0.2, 0.25) is 0 Å². The molecule has 0 spiro atoms. The molecule has 0 radical (unpaired) electrons. The van der Waals surface area contributed by atoms with Crippen LogP contribution in [0.1, 0.15) is 27.7 Å². The SMILES string of the molecule is CCO[C@H]1[C@@](C)(O)[C@H](OC(=O)Nc2ccc(-c3ncn(-c4ccc(OC(F)(F)C(F)(F)F)cc4)n3)cc2)O[C@@H](C)[C@]1(C)O. The average molecular weight is 617 g/mol. The first-order chi connectivity index (χ1) is 20.0. The molecular weight excluding hydrogens is 587 g/mol. The highest BCUT2D eigenvalue weighted by Gasteiger charge is 2.61. The third kappa shape index (κ3) is 6.71. The molecular formula is C27H29F5N4O7. The predicted molar refractivity (Wildman–Crippen MR) is 140 cm³/mol. The molecule has 1 aromatic heterocycles. The molecule has 16 heteroatoms. The molecule has 0 aliphatic carbocycles. The third-order valence-electron chi connectivity index (χ3n) is 6.80. The lowest BCUT2D eigenvalue weighted by Crippen LogP contribution is -2.70. The molecule has 0 unspecified atom stereocenters. The summed E-state index contributed by atoms with van der Waals surface area (Å²) < 4.78 is 84.8. The minimum absolute atomic E-state index is 0.191. The van der Waals surface area contributed by atoms with E-state index in [1.165, 1.54) is 49.1 Å². The van der Waals surface area contributed by atoms with Gasteiger partial charge in [-0.1, -0.05) is 0 Å². The van der Waals surface area contributed by atoms with Gasteiger partial charge < -0.3 is 29.2 Å². The highest BCUT2D eigenvalue weighted by Crippen LogP contribution is 2.39. The van der Waals surface area contributed by atoms with Gasteiger partial charge in [-0.3, -0.25) is 5.32 Å². The van der Waals surface area contributed by atoms with Crippen LogP contribution in [-0.2, 0) is 14.2 Å². The van der Waals surface area contributed by atoms with Crippen LogP contribution in [0.15, 0.2) is 54.9 Å². The quantitative estimate of drug-likeness (QED) is 0.309. The molecule has 2 aromatic carbocycles. The number of aromatic nitrogens is 3. The molecule has 2 heterocycles. The zero-order valence-electron chi connectivity index (χ0n) is 23.3. The van der Waals surface area contributed by atoms with E-state index in [0.29, 0.717) is 16.9 Å². The number of hydrogen-bond donors (Lipinski definition) is 3. The van der Waals surface area contributed by atoms with Crippen molar-refractivity contribution < 1.29 is 55.9 Å². The van der Waals surface area contributed by atoms with Crippen molar-refractivity contribution in [3.63, 3.8) is 0 Å². The Kier molecular flexibility index (Phi) is 8.70. The fourth-order valence-electron chi connectivity index (χ4n) is 4.38. The Morgan fingerprint density at radius 1 is 1.05 bits per heavy atom. The number of ether oxygens (including phenoxy) is 4. The molecule has 1 aliphatic rings. The molecule has 3 N–H and O–H groups in total. The molecule has 43 heavy (non-hydrogen) atoms. The van der Waals surface area contributed by atoms with Crippen molar-refractivity contribution in [2.75, 3.05) is 11.9 Å². The number of halogens is 5. The number of nitrogens with zero attached hydrogens (tertiary/aromatic N) is 3. The van der Waals surface area contributed by atoms with Gasteiger partial charge >= 0.3 is 18.4 Å².